The first-order valence-corrected chi connectivity index (χ1v) is 15.0. The van der Waals surface area contributed by atoms with Crippen molar-refractivity contribution in [2.45, 2.75) is 71.6 Å². The fourth-order valence-electron chi connectivity index (χ4n) is 3.11. The molecule has 29 heavy (non-hydrogen) atoms. The van der Waals surface area contributed by atoms with E-state index in [0.29, 0.717) is 0 Å². The highest BCUT2D eigenvalue weighted by Crippen LogP contribution is 2.24. The SMILES string of the molecule is C.CS(C)(=O)=CC(=O)C1CCCCC1.C[S+](C)(C)=O.O=C(O)C1CCCCC1.[I-]. The highest BCUT2D eigenvalue weighted by atomic mass is 127. The molecule has 0 atom stereocenters. The molecule has 2 saturated carbocycles. The molecule has 0 amide bonds. The summed E-state index contributed by atoms with van der Waals surface area (Å²) in [6, 6.07) is 0. The fraction of sp³-hybridized carbons (Fsp3) is 0.857. The van der Waals surface area contributed by atoms with E-state index < -0.39 is 25.4 Å². The van der Waals surface area contributed by atoms with Crippen LogP contribution < -0.4 is 24.0 Å². The summed E-state index contributed by atoms with van der Waals surface area (Å²) in [6.45, 7) is 0. The maximum atomic E-state index is 11.6. The largest absolute Gasteiger partial charge is 1.00 e. The lowest BCUT2D eigenvalue weighted by molar-refractivity contribution is -0.142. The second-order valence-electron chi connectivity index (χ2n) is 8.56. The van der Waals surface area contributed by atoms with Crippen molar-refractivity contribution < 1.29 is 47.1 Å². The van der Waals surface area contributed by atoms with E-state index in [9.17, 15) is 18.0 Å². The van der Waals surface area contributed by atoms with E-state index in [0.717, 1.165) is 51.4 Å². The maximum absolute atomic E-state index is 11.6. The predicted octanol–water partition coefficient (Wildman–Crippen LogP) is 1.15. The number of carboxylic acids is 1. The van der Waals surface area contributed by atoms with Gasteiger partial charge in [0.2, 0.25) is 0 Å². The topological polar surface area (TPSA) is 88.5 Å². The van der Waals surface area contributed by atoms with Crippen LogP contribution in [-0.4, -0.2) is 57.7 Å². The molecule has 2 rings (SSSR count). The number of aliphatic carboxylic acids is 1. The van der Waals surface area contributed by atoms with E-state index in [1.54, 1.807) is 31.3 Å². The molecule has 2 fully saturated rings. The molecule has 1 N–H and O–H groups in total. The van der Waals surface area contributed by atoms with Crippen molar-refractivity contribution in [1.82, 2.24) is 0 Å². The van der Waals surface area contributed by atoms with E-state index in [1.165, 1.54) is 18.2 Å². The second-order valence-corrected chi connectivity index (χ2v) is 14.9. The van der Waals surface area contributed by atoms with Crippen molar-refractivity contribution in [3.8, 4) is 0 Å². The third kappa shape index (κ3) is 22.5. The summed E-state index contributed by atoms with van der Waals surface area (Å²) in [4.78, 5) is 21.9. The van der Waals surface area contributed by atoms with Crippen molar-refractivity contribution >= 4 is 36.6 Å². The molecule has 2 aliphatic rings. The molecule has 0 bridgehead atoms. The first-order chi connectivity index (χ1) is 12.3. The Morgan fingerprint density at radius 3 is 1.41 bits per heavy atom. The zero-order valence-electron chi connectivity index (χ0n) is 18.1. The minimum absolute atomic E-state index is 0. The van der Waals surface area contributed by atoms with E-state index in [4.69, 9.17) is 5.11 Å². The Kier molecular flexibility index (Phi) is 19.4. The van der Waals surface area contributed by atoms with Crippen molar-refractivity contribution in [2.24, 2.45) is 11.8 Å². The monoisotopic (exact) mass is 566 g/mol. The Bertz CT molecular complexity index is 605. The van der Waals surface area contributed by atoms with Gasteiger partial charge in [0.15, 0.2) is 5.78 Å². The quantitative estimate of drug-likeness (QED) is 0.315. The van der Waals surface area contributed by atoms with Crippen molar-refractivity contribution in [2.75, 3.05) is 31.3 Å². The van der Waals surface area contributed by atoms with Gasteiger partial charge < -0.3 is 29.1 Å². The van der Waals surface area contributed by atoms with E-state index in [1.807, 2.05) is 0 Å². The van der Waals surface area contributed by atoms with Crippen molar-refractivity contribution in [3.63, 3.8) is 0 Å². The van der Waals surface area contributed by atoms with Gasteiger partial charge in [0, 0.05) is 23.8 Å². The summed E-state index contributed by atoms with van der Waals surface area (Å²) in [7, 11) is -3.41. The van der Waals surface area contributed by atoms with Crippen LogP contribution >= 0.6 is 0 Å². The molecule has 0 aromatic heterocycles. The zero-order chi connectivity index (χ0) is 21.1. The zero-order valence-corrected chi connectivity index (χ0v) is 21.9. The number of carbonyl (C=O) groups excluding carboxylic acids is 1. The van der Waals surface area contributed by atoms with Crippen molar-refractivity contribution in [3.05, 3.63) is 0 Å². The molecule has 5 nitrogen and oxygen atoms in total. The van der Waals surface area contributed by atoms with Gasteiger partial charge in [0.1, 0.15) is 18.8 Å². The summed E-state index contributed by atoms with van der Waals surface area (Å²) >= 11 is 0. The number of Topliss-reactive ketones (excluding diaryl/α,β-unsaturated/α-hetero) is 1. The molecule has 0 aromatic carbocycles. The van der Waals surface area contributed by atoms with E-state index in [-0.39, 0.29) is 49.0 Å². The van der Waals surface area contributed by atoms with Crippen LogP contribution in [0.5, 0.6) is 0 Å². The Labute approximate surface area is 197 Å². The smallest absolute Gasteiger partial charge is 0.306 e. The fourth-order valence-corrected chi connectivity index (χ4v) is 3.86. The van der Waals surface area contributed by atoms with Crippen LogP contribution in [-0.2, 0) is 33.3 Å². The number of hydrogen-bond acceptors (Lipinski definition) is 4. The molecule has 0 radical (unpaired) electrons. The summed E-state index contributed by atoms with van der Waals surface area (Å²) in [5.41, 5.74) is 0. The van der Waals surface area contributed by atoms with Gasteiger partial charge in [-0.15, -0.1) is 4.21 Å². The van der Waals surface area contributed by atoms with Gasteiger partial charge >= 0.3 is 5.97 Å². The third-order valence-electron chi connectivity index (χ3n) is 4.36. The molecule has 0 unspecified atom stereocenters. The average Bonchev–Trinajstić information content (AvgIpc) is 2.54. The second kappa shape index (κ2) is 16.7. The van der Waals surface area contributed by atoms with Gasteiger partial charge in [-0.3, -0.25) is 13.8 Å². The highest BCUT2D eigenvalue weighted by molar-refractivity contribution is 8.01. The molecule has 176 valence electrons. The van der Waals surface area contributed by atoms with Gasteiger partial charge in [-0.1, -0.05) is 46.0 Å². The molecule has 0 aromatic rings. The highest BCUT2D eigenvalue weighted by Gasteiger charge is 2.20. The maximum Gasteiger partial charge on any atom is 0.306 e. The van der Waals surface area contributed by atoms with Gasteiger partial charge in [-0.25, -0.2) is 0 Å². The number of carboxylic acid groups (broad SMARTS) is 1. The minimum atomic E-state index is -2.00. The lowest BCUT2D eigenvalue weighted by Gasteiger charge is -2.18. The molecule has 0 saturated heterocycles. The Morgan fingerprint density at radius 1 is 0.862 bits per heavy atom. The Balaban J connectivity index is -0.000000372. The first kappa shape index (κ1) is 33.7. The number of hydrogen-bond donors (Lipinski definition) is 1. The summed E-state index contributed by atoms with van der Waals surface area (Å²) < 4.78 is 21.6. The molecule has 0 spiro atoms. The Hall–Kier alpha value is 0.0400. The predicted molar refractivity (Wildman–Crippen MR) is 124 cm³/mol. The van der Waals surface area contributed by atoms with Crippen LogP contribution in [0.4, 0.5) is 0 Å². The minimum Gasteiger partial charge on any atom is -1.00 e. The molecule has 0 aliphatic heterocycles. The van der Waals surface area contributed by atoms with Crippen molar-refractivity contribution in [1.29, 1.82) is 0 Å². The average molecular weight is 567 g/mol. The van der Waals surface area contributed by atoms with Gasteiger partial charge in [-0.05, 0) is 35.2 Å². The normalized spacial score (nSPS) is 17.7. The lowest BCUT2D eigenvalue weighted by Crippen LogP contribution is -3.00. The first-order valence-electron chi connectivity index (χ1n) is 9.74. The number of ketones is 1. The molecular weight excluding hydrogens is 523 g/mol. The standard InChI is InChI=1S/C10H18O2S.C7H12O2.C3H9OS.CH4.HI/c1-13(2,12)8-10(11)9-6-4-3-5-7-9;8-7(9)6-4-2-1-3-5-6;1-5(2,3)4;;/h8-9H,3-7H2,1-2H3;6H,1-5H2,(H,8,9);1-3H3;1H4;1H/q;;+1;;/p-1. The van der Waals surface area contributed by atoms with Gasteiger partial charge in [0.05, 0.1) is 15.9 Å². The molecule has 2 aliphatic carbocycles. The van der Waals surface area contributed by atoms with Crippen LogP contribution in [0, 0.1) is 11.8 Å². The summed E-state index contributed by atoms with van der Waals surface area (Å²) in [5.74, 6) is -0.363. The number of carbonyl (C=O) groups is 2. The van der Waals surface area contributed by atoms with E-state index >= 15 is 0 Å². The van der Waals surface area contributed by atoms with Crippen LogP contribution in [0.2, 0.25) is 0 Å². The van der Waals surface area contributed by atoms with Gasteiger partial charge in [0.25, 0.3) is 0 Å². The van der Waals surface area contributed by atoms with Crippen LogP contribution in [0.1, 0.15) is 71.6 Å². The van der Waals surface area contributed by atoms with Crippen LogP contribution in [0.25, 0.3) is 0 Å². The van der Waals surface area contributed by atoms with Crippen LogP contribution in [0.15, 0.2) is 0 Å². The number of rotatable bonds is 3. The summed E-state index contributed by atoms with van der Waals surface area (Å²) in [5, 5.41) is 9.97. The summed E-state index contributed by atoms with van der Waals surface area (Å²) in [6.07, 6.45) is 19.2. The van der Waals surface area contributed by atoms with Crippen LogP contribution in [0.3, 0.4) is 0 Å². The lowest BCUT2D eigenvalue weighted by atomic mass is 9.87. The molecular formula is C21H43IO5S2. The molecule has 0 heterocycles. The van der Waals surface area contributed by atoms with E-state index in [2.05, 4.69) is 0 Å². The number of halogens is 1. The third-order valence-corrected chi connectivity index (χ3v) is 5.16. The van der Waals surface area contributed by atoms with Gasteiger partial charge in [-0.2, -0.15) is 0 Å². The molecule has 8 heteroatoms. The Morgan fingerprint density at radius 2 is 1.17 bits per heavy atom.